The molecule has 2 aromatic rings. The van der Waals surface area contributed by atoms with Crippen molar-refractivity contribution in [1.29, 1.82) is 0 Å². The van der Waals surface area contributed by atoms with Crippen LogP contribution < -0.4 is 0 Å². The highest BCUT2D eigenvalue weighted by atomic mass is 16.4. The van der Waals surface area contributed by atoms with Crippen LogP contribution in [0.15, 0.2) is 33.6 Å². The van der Waals surface area contributed by atoms with Crippen LogP contribution in [0.1, 0.15) is 5.76 Å². The molecule has 4 heteroatoms. The van der Waals surface area contributed by atoms with Gasteiger partial charge in [-0.05, 0) is 12.1 Å². The average Bonchev–Trinajstić information content (AvgIpc) is 2.75. The van der Waals surface area contributed by atoms with Crippen molar-refractivity contribution in [2.24, 2.45) is 0 Å². The molecule has 2 rings (SSSR count). The SMILES string of the molecule is OCc1ccc(-c2cnco2)o1. The van der Waals surface area contributed by atoms with Crippen LogP contribution in [0.5, 0.6) is 0 Å². The number of nitrogens with zero attached hydrogens (tertiary/aromatic N) is 1. The van der Waals surface area contributed by atoms with E-state index < -0.39 is 0 Å². The lowest BCUT2D eigenvalue weighted by atomic mass is 10.4. The molecule has 0 saturated carbocycles. The topological polar surface area (TPSA) is 59.4 Å². The van der Waals surface area contributed by atoms with E-state index in [1.54, 1.807) is 18.3 Å². The Morgan fingerprint density at radius 3 is 2.83 bits per heavy atom. The fourth-order valence-electron chi connectivity index (χ4n) is 0.933. The van der Waals surface area contributed by atoms with Crippen molar-refractivity contribution in [2.45, 2.75) is 6.61 Å². The molecule has 0 aromatic carbocycles. The molecule has 0 amide bonds. The standard InChI is InChI=1S/C8H7NO3/c10-4-6-1-2-7(12-6)8-3-9-5-11-8/h1-3,5,10H,4H2. The van der Waals surface area contributed by atoms with Gasteiger partial charge in [-0.25, -0.2) is 4.98 Å². The van der Waals surface area contributed by atoms with Crippen molar-refractivity contribution < 1.29 is 13.9 Å². The van der Waals surface area contributed by atoms with Crippen molar-refractivity contribution in [3.63, 3.8) is 0 Å². The zero-order valence-electron chi connectivity index (χ0n) is 6.23. The van der Waals surface area contributed by atoms with E-state index in [9.17, 15) is 0 Å². The molecule has 4 nitrogen and oxygen atoms in total. The number of aliphatic hydroxyl groups excluding tert-OH is 1. The molecular formula is C8H7NO3. The van der Waals surface area contributed by atoms with Gasteiger partial charge >= 0.3 is 0 Å². The first-order chi connectivity index (χ1) is 5.90. The molecule has 1 N–H and O–H groups in total. The minimum atomic E-state index is -0.103. The first kappa shape index (κ1) is 7.12. The number of oxazole rings is 1. The minimum Gasteiger partial charge on any atom is -0.455 e. The molecule has 0 unspecified atom stereocenters. The van der Waals surface area contributed by atoms with Gasteiger partial charge in [-0.3, -0.25) is 0 Å². The third kappa shape index (κ3) is 1.12. The zero-order chi connectivity index (χ0) is 8.39. The summed E-state index contributed by atoms with van der Waals surface area (Å²) in [5.74, 6) is 1.66. The van der Waals surface area contributed by atoms with E-state index in [0.717, 1.165) is 0 Å². The van der Waals surface area contributed by atoms with Crippen molar-refractivity contribution >= 4 is 0 Å². The molecule has 0 radical (unpaired) electrons. The summed E-state index contributed by atoms with van der Waals surface area (Å²) in [4.78, 5) is 3.74. The van der Waals surface area contributed by atoms with Crippen LogP contribution in [0.25, 0.3) is 11.5 Å². The fraction of sp³-hybridized carbons (Fsp3) is 0.125. The van der Waals surface area contributed by atoms with E-state index >= 15 is 0 Å². The Hall–Kier alpha value is -1.55. The lowest BCUT2D eigenvalue weighted by Gasteiger charge is -1.87. The van der Waals surface area contributed by atoms with E-state index in [0.29, 0.717) is 17.3 Å². The Bertz CT molecular complexity index is 350. The van der Waals surface area contributed by atoms with Crippen LogP contribution in [0.2, 0.25) is 0 Å². The van der Waals surface area contributed by atoms with Crippen molar-refractivity contribution in [2.75, 3.05) is 0 Å². The Morgan fingerprint density at radius 1 is 1.33 bits per heavy atom. The molecule has 0 fully saturated rings. The fourth-order valence-corrected chi connectivity index (χ4v) is 0.933. The van der Waals surface area contributed by atoms with Crippen molar-refractivity contribution in [1.82, 2.24) is 4.98 Å². The number of furan rings is 1. The minimum absolute atomic E-state index is 0.103. The van der Waals surface area contributed by atoms with E-state index in [-0.39, 0.29) is 6.61 Å². The van der Waals surface area contributed by atoms with E-state index in [4.69, 9.17) is 13.9 Å². The summed E-state index contributed by atoms with van der Waals surface area (Å²) < 4.78 is 10.2. The summed E-state index contributed by atoms with van der Waals surface area (Å²) >= 11 is 0. The van der Waals surface area contributed by atoms with Crippen LogP contribution in [0.3, 0.4) is 0 Å². The molecule has 0 aliphatic heterocycles. The van der Waals surface area contributed by atoms with Crippen LogP contribution >= 0.6 is 0 Å². The first-order valence-electron chi connectivity index (χ1n) is 3.48. The number of hydrogen-bond donors (Lipinski definition) is 1. The molecule has 12 heavy (non-hydrogen) atoms. The first-order valence-corrected chi connectivity index (χ1v) is 3.48. The lowest BCUT2D eigenvalue weighted by molar-refractivity contribution is 0.248. The van der Waals surface area contributed by atoms with Crippen LogP contribution in [0.4, 0.5) is 0 Å². The Labute approximate surface area is 68.5 Å². The second-order valence-corrected chi connectivity index (χ2v) is 2.29. The summed E-state index contributed by atoms with van der Waals surface area (Å²) in [6.07, 6.45) is 2.89. The van der Waals surface area contributed by atoms with Gasteiger partial charge < -0.3 is 13.9 Å². The van der Waals surface area contributed by atoms with Crippen molar-refractivity contribution in [3.8, 4) is 11.5 Å². The summed E-state index contributed by atoms with van der Waals surface area (Å²) in [6.45, 7) is -0.103. The highest BCUT2D eigenvalue weighted by Gasteiger charge is 2.05. The molecule has 0 aliphatic rings. The van der Waals surface area contributed by atoms with Crippen LogP contribution in [-0.4, -0.2) is 10.1 Å². The van der Waals surface area contributed by atoms with Gasteiger partial charge in [0.25, 0.3) is 0 Å². The van der Waals surface area contributed by atoms with Crippen LogP contribution in [0, 0.1) is 0 Å². The number of rotatable bonds is 2. The lowest BCUT2D eigenvalue weighted by Crippen LogP contribution is -1.73. The molecule has 0 bridgehead atoms. The molecule has 0 spiro atoms. The predicted molar refractivity (Wildman–Crippen MR) is 40.1 cm³/mol. The third-order valence-corrected chi connectivity index (χ3v) is 1.49. The molecule has 0 atom stereocenters. The number of hydrogen-bond acceptors (Lipinski definition) is 4. The largest absolute Gasteiger partial charge is 0.455 e. The maximum absolute atomic E-state index is 8.71. The number of aromatic nitrogens is 1. The third-order valence-electron chi connectivity index (χ3n) is 1.49. The summed E-state index contributed by atoms with van der Waals surface area (Å²) in [6, 6.07) is 3.42. The predicted octanol–water partition coefficient (Wildman–Crippen LogP) is 1.43. The Kier molecular flexibility index (Phi) is 1.68. The summed E-state index contributed by atoms with van der Waals surface area (Å²) in [7, 11) is 0. The molecular weight excluding hydrogens is 158 g/mol. The second kappa shape index (κ2) is 2.83. The van der Waals surface area contributed by atoms with Gasteiger partial charge in [-0.1, -0.05) is 0 Å². The average molecular weight is 165 g/mol. The molecule has 62 valence electrons. The van der Waals surface area contributed by atoms with Crippen molar-refractivity contribution in [3.05, 3.63) is 30.5 Å². The van der Waals surface area contributed by atoms with E-state index in [1.807, 2.05) is 0 Å². The smallest absolute Gasteiger partial charge is 0.189 e. The van der Waals surface area contributed by atoms with Gasteiger partial charge in [-0.2, -0.15) is 0 Å². The van der Waals surface area contributed by atoms with Gasteiger partial charge in [0, 0.05) is 0 Å². The monoisotopic (exact) mass is 165 g/mol. The molecule has 0 aliphatic carbocycles. The van der Waals surface area contributed by atoms with Gasteiger partial charge in [-0.15, -0.1) is 0 Å². The second-order valence-electron chi connectivity index (χ2n) is 2.29. The maximum Gasteiger partial charge on any atom is 0.189 e. The number of aliphatic hydroxyl groups is 1. The molecule has 2 aromatic heterocycles. The van der Waals surface area contributed by atoms with E-state index in [2.05, 4.69) is 4.98 Å². The normalized spacial score (nSPS) is 10.4. The quantitative estimate of drug-likeness (QED) is 0.731. The Balaban J connectivity index is 2.35. The van der Waals surface area contributed by atoms with Gasteiger partial charge in [0.1, 0.15) is 12.4 Å². The molecule has 2 heterocycles. The maximum atomic E-state index is 8.71. The summed E-state index contributed by atoms with van der Waals surface area (Å²) in [5, 5.41) is 8.71. The van der Waals surface area contributed by atoms with E-state index in [1.165, 1.54) is 6.39 Å². The van der Waals surface area contributed by atoms with Gasteiger partial charge in [0.05, 0.1) is 6.20 Å². The van der Waals surface area contributed by atoms with Gasteiger partial charge in [0.15, 0.2) is 17.9 Å². The zero-order valence-corrected chi connectivity index (χ0v) is 6.23. The highest BCUT2D eigenvalue weighted by molar-refractivity contribution is 5.47. The van der Waals surface area contributed by atoms with Crippen LogP contribution in [-0.2, 0) is 6.61 Å². The highest BCUT2D eigenvalue weighted by Crippen LogP contribution is 2.20. The molecule has 0 saturated heterocycles. The summed E-state index contributed by atoms with van der Waals surface area (Å²) in [5.41, 5.74) is 0. The van der Waals surface area contributed by atoms with Gasteiger partial charge in [0.2, 0.25) is 0 Å². The Morgan fingerprint density at radius 2 is 2.25 bits per heavy atom.